The number of rotatable bonds is 2. The summed E-state index contributed by atoms with van der Waals surface area (Å²) < 4.78 is 58.2. The van der Waals surface area contributed by atoms with Gasteiger partial charge < -0.3 is 0 Å². The summed E-state index contributed by atoms with van der Waals surface area (Å²) in [5.41, 5.74) is 3.97. The van der Waals surface area contributed by atoms with Gasteiger partial charge in [-0.05, 0) is 84.4 Å². The number of Topliss-reactive ketones (excluding diaryl/α,β-unsaturated/α-hetero) is 4. The minimum absolute atomic E-state index is 0.00559. The Kier molecular flexibility index (Phi) is 7.05. The molecule has 274 valence electrons. The summed E-state index contributed by atoms with van der Waals surface area (Å²) in [4.78, 5) is 58.1. The van der Waals surface area contributed by atoms with Crippen molar-refractivity contribution in [3.63, 3.8) is 0 Å². The van der Waals surface area contributed by atoms with E-state index >= 15 is 4.39 Å². The number of hydrogen-bond donors (Lipinski definition) is 0. The molecule has 2 spiro atoms. The van der Waals surface area contributed by atoms with Gasteiger partial charge in [-0.25, -0.2) is 17.6 Å². The second kappa shape index (κ2) is 11.5. The van der Waals surface area contributed by atoms with Gasteiger partial charge in [0.05, 0.1) is 5.56 Å². The fourth-order valence-corrected chi connectivity index (χ4v) is 14.8. The number of fused-ring (bicyclic) bond motifs is 13. The lowest BCUT2D eigenvalue weighted by atomic mass is 9.61. The van der Waals surface area contributed by atoms with Gasteiger partial charge in [0.1, 0.15) is 23.3 Å². The average molecular weight is 793 g/mol. The maximum atomic E-state index is 15.1. The molecular weight excluding hydrogens is 765 g/mol. The van der Waals surface area contributed by atoms with Gasteiger partial charge in [-0.2, -0.15) is 0 Å². The summed E-state index contributed by atoms with van der Waals surface area (Å²) in [6, 6.07) is 7.57. The largest absolute Gasteiger partial charge is 0.285 e. The van der Waals surface area contributed by atoms with Crippen LogP contribution in [0.5, 0.6) is 0 Å². The van der Waals surface area contributed by atoms with Crippen molar-refractivity contribution in [3.8, 4) is 19.5 Å². The molecule has 2 aromatic carbocycles. The molecule has 0 radical (unpaired) electrons. The molecule has 0 unspecified atom stereocenters. The van der Waals surface area contributed by atoms with Crippen LogP contribution in [0.25, 0.3) is 42.8 Å². The molecule has 6 aliphatic rings. The van der Waals surface area contributed by atoms with Crippen LogP contribution in [0.4, 0.5) is 17.6 Å². The SMILES string of the molecule is O=C1C(=O)c2c(F)cc(F)cc2/C1=C/c1cc2c(s1)-c1sc3c(c1C21CCCCC1)C1(CCCCC1)c1cc(/C=C2\C(=O)C(=O)c4cc(F)cc(F)c42)sc1-3. The van der Waals surface area contributed by atoms with E-state index in [9.17, 15) is 32.3 Å². The van der Waals surface area contributed by atoms with Gasteiger partial charge in [0.25, 0.3) is 0 Å². The van der Waals surface area contributed by atoms with E-state index in [2.05, 4.69) is 12.1 Å². The Hall–Kier alpha value is -4.58. The van der Waals surface area contributed by atoms with Crippen molar-refractivity contribution in [2.24, 2.45) is 0 Å². The highest BCUT2D eigenvalue weighted by Crippen LogP contribution is 2.70. The zero-order chi connectivity index (χ0) is 37.7. The zero-order valence-electron chi connectivity index (χ0n) is 29.1. The van der Waals surface area contributed by atoms with Crippen LogP contribution in [-0.2, 0) is 20.4 Å². The summed E-state index contributed by atoms with van der Waals surface area (Å²) in [7, 11) is 0. The van der Waals surface area contributed by atoms with Gasteiger partial charge in [-0.1, -0.05) is 38.5 Å². The second-order valence-electron chi connectivity index (χ2n) is 15.6. The lowest BCUT2D eigenvalue weighted by molar-refractivity contribution is -0.110. The second-order valence-corrected chi connectivity index (χ2v) is 18.8. The monoisotopic (exact) mass is 792 g/mol. The molecule has 0 N–H and O–H groups in total. The standard InChI is InChI=1S/C44H28F4O4S3/c45-19-11-23-24(35(49)38(52)32(23)30(48)14-19)15-21-17-27-39(53-21)41-33(43(27)7-3-1-4-8-43)34-42(55-41)40-28(44(34)9-5-2-6-10-44)18-22(54-40)16-26-31-25(36(50)37(26)51)12-20(46)13-29(31)47/h11-18H,1-10H2/b24-15-,26-16-. The third-order valence-electron chi connectivity index (χ3n) is 12.8. The van der Waals surface area contributed by atoms with E-state index in [0.29, 0.717) is 12.1 Å². The molecule has 4 nitrogen and oxygen atoms in total. The van der Waals surface area contributed by atoms with Crippen molar-refractivity contribution in [2.75, 3.05) is 0 Å². The maximum absolute atomic E-state index is 15.1. The number of carbonyl (C=O) groups excluding carboxylic acids is 4. The summed E-state index contributed by atoms with van der Waals surface area (Å²) in [6.45, 7) is 0. The molecule has 11 rings (SSSR count). The molecule has 11 heteroatoms. The molecule has 5 aromatic rings. The molecule has 0 bridgehead atoms. The van der Waals surface area contributed by atoms with Crippen LogP contribution in [-0.4, -0.2) is 23.1 Å². The maximum Gasteiger partial charge on any atom is 0.237 e. The van der Waals surface area contributed by atoms with Crippen LogP contribution in [0.2, 0.25) is 0 Å². The molecule has 0 saturated heterocycles. The zero-order valence-corrected chi connectivity index (χ0v) is 31.5. The number of carbonyl (C=O) groups is 4. The van der Waals surface area contributed by atoms with Crippen LogP contribution >= 0.6 is 34.0 Å². The van der Waals surface area contributed by atoms with Gasteiger partial charge in [0.2, 0.25) is 23.1 Å². The van der Waals surface area contributed by atoms with Crippen molar-refractivity contribution < 1.29 is 36.7 Å². The van der Waals surface area contributed by atoms with Crippen LogP contribution in [0.1, 0.15) is 128 Å². The molecule has 2 saturated carbocycles. The molecule has 0 amide bonds. The van der Waals surface area contributed by atoms with Gasteiger partial charge in [-0.15, -0.1) is 34.0 Å². The fraction of sp³-hybridized carbons (Fsp3) is 0.273. The van der Waals surface area contributed by atoms with E-state index < -0.39 is 46.4 Å². The molecular formula is C44H28F4O4S3. The first-order valence-electron chi connectivity index (χ1n) is 18.6. The van der Waals surface area contributed by atoms with E-state index in [4.69, 9.17) is 0 Å². The topological polar surface area (TPSA) is 68.3 Å². The number of allylic oxidation sites excluding steroid dienone is 2. The van der Waals surface area contributed by atoms with Gasteiger partial charge in [0.15, 0.2) is 0 Å². The summed E-state index contributed by atoms with van der Waals surface area (Å²) in [5.74, 6) is -7.27. The van der Waals surface area contributed by atoms with Crippen molar-refractivity contribution in [1.29, 1.82) is 0 Å². The number of hydrogen-bond acceptors (Lipinski definition) is 7. The number of benzene rings is 2. The van der Waals surface area contributed by atoms with E-state index in [1.54, 1.807) is 34.8 Å². The highest BCUT2D eigenvalue weighted by molar-refractivity contribution is 7.27. The molecule has 55 heavy (non-hydrogen) atoms. The van der Waals surface area contributed by atoms with Gasteiger partial charge in [0, 0.05) is 80.1 Å². The molecule has 3 heterocycles. The van der Waals surface area contributed by atoms with Crippen LogP contribution in [0, 0.1) is 23.3 Å². The van der Waals surface area contributed by atoms with E-state index in [-0.39, 0.29) is 44.2 Å². The van der Waals surface area contributed by atoms with Crippen LogP contribution < -0.4 is 0 Å². The lowest BCUT2D eigenvalue weighted by Gasteiger charge is -2.41. The van der Waals surface area contributed by atoms with Gasteiger partial charge in [-0.3, -0.25) is 19.2 Å². The Morgan fingerprint density at radius 3 is 1.49 bits per heavy atom. The smallest absolute Gasteiger partial charge is 0.237 e. The van der Waals surface area contributed by atoms with Crippen molar-refractivity contribution >= 4 is 80.4 Å². The predicted octanol–water partition coefficient (Wildman–Crippen LogP) is 11.5. The quantitative estimate of drug-likeness (QED) is 0.101. The Balaban J connectivity index is 1.08. The minimum Gasteiger partial charge on any atom is -0.285 e. The molecule has 0 aliphatic heterocycles. The van der Waals surface area contributed by atoms with Crippen LogP contribution in [0.15, 0.2) is 36.4 Å². The highest BCUT2D eigenvalue weighted by Gasteiger charge is 2.56. The third kappa shape index (κ3) is 4.37. The summed E-state index contributed by atoms with van der Waals surface area (Å²) in [6.07, 6.45) is 13.6. The van der Waals surface area contributed by atoms with Crippen LogP contribution in [0.3, 0.4) is 0 Å². The Labute approximate surface area is 324 Å². The van der Waals surface area contributed by atoms with E-state index in [1.165, 1.54) is 43.3 Å². The molecule has 0 atom stereocenters. The van der Waals surface area contributed by atoms with Crippen molar-refractivity contribution in [3.05, 3.63) is 114 Å². The molecule has 2 fully saturated rings. The summed E-state index contributed by atoms with van der Waals surface area (Å²) in [5, 5.41) is 0. The normalized spacial score (nSPS) is 21.2. The lowest BCUT2D eigenvalue weighted by Crippen LogP contribution is -2.34. The minimum atomic E-state index is -1.04. The van der Waals surface area contributed by atoms with E-state index in [1.807, 2.05) is 0 Å². The molecule has 6 aliphatic carbocycles. The highest BCUT2D eigenvalue weighted by atomic mass is 32.1. The predicted molar refractivity (Wildman–Crippen MR) is 206 cm³/mol. The summed E-state index contributed by atoms with van der Waals surface area (Å²) >= 11 is 4.85. The average Bonchev–Trinajstić information content (AvgIpc) is 4.01. The molecule has 3 aromatic heterocycles. The fourth-order valence-electron chi connectivity index (χ4n) is 10.6. The van der Waals surface area contributed by atoms with E-state index in [0.717, 1.165) is 95.8 Å². The Morgan fingerprint density at radius 1 is 0.473 bits per heavy atom. The number of halogens is 4. The van der Waals surface area contributed by atoms with Gasteiger partial charge >= 0.3 is 0 Å². The third-order valence-corrected chi connectivity index (χ3v) is 16.5. The number of thiophene rings is 3. The van der Waals surface area contributed by atoms with Crippen molar-refractivity contribution in [2.45, 2.75) is 75.0 Å². The Morgan fingerprint density at radius 2 is 0.945 bits per heavy atom. The first kappa shape index (κ1) is 33.7. The first-order valence-corrected chi connectivity index (χ1v) is 21.0. The Bertz CT molecular complexity index is 2740. The first-order chi connectivity index (χ1) is 26.5. The van der Waals surface area contributed by atoms with Crippen molar-refractivity contribution in [1.82, 2.24) is 0 Å². The number of ketones is 4.